The monoisotopic (exact) mass is 334 g/mol. The molecule has 25 heavy (non-hydrogen) atoms. The molecule has 0 spiro atoms. The first-order valence-electron chi connectivity index (χ1n) is 7.79. The summed E-state index contributed by atoms with van der Waals surface area (Å²) in [5.41, 5.74) is 2.83. The van der Waals surface area contributed by atoms with Crippen molar-refractivity contribution in [1.29, 1.82) is 0 Å². The zero-order valence-electron chi connectivity index (χ0n) is 14.1. The van der Waals surface area contributed by atoms with Crippen LogP contribution < -0.4 is 4.74 Å². The fourth-order valence-electron chi connectivity index (χ4n) is 2.51. The first-order chi connectivity index (χ1) is 12.2. The molecule has 2 aromatic heterocycles. The number of pyridine rings is 1. The maximum absolute atomic E-state index is 12.7. The third kappa shape index (κ3) is 3.80. The quantitative estimate of drug-likeness (QED) is 0.718. The van der Waals surface area contributed by atoms with Gasteiger partial charge in [-0.3, -0.25) is 19.7 Å². The molecule has 0 aliphatic rings. The van der Waals surface area contributed by atoms with E-state index in [4.69, 9.17) is 4.74 Å². The van der Waals surface area contributed by atoms with Crippen molar-refractivity contribution in [3.8, 4) is 17.0 Å². The van der Waals surface area contributed by atoms with Gasteiger partial charge in [-0.05, 0) is 30.3 Å². The second kappa shape index (κ2) is 7.53. The molecule has 0 aliphatic carbocycles. The van der Waals surface area contributed by atoms with Crippen LogP contribution in [0.25, 0.3) is 11.3 Å². The summed E-state index contributed by atoms with van der Waals surface area (Å²) in [6, 6.07) is 11.0. The van der Waals surface area contributed by atoms with Crippen molar-refractivity contribution in [3.05, 3.63) is 72.4 Å². The molecule has 0 unspecified atom stereocenters. The Kier molecular flexibility index (Phi) is 4.99. The molecule has 0 saturated heterocycles. The maximum atomic E-state index is 12.7. The van der Waals surface area contributed by atoms with Crippen molar-refractivity contribution in [1.82, 2.24) is 19.9 Å². The number of hydrogen-bond acceptors (Lipinski definition) is 5. The van der Waals surface area contributed by atoms with Crippen LogP contribution in [0.2, 0.25) is 0 Å². The Balaban J connectivity index is 1.88. The number of amides is 1. The zero-order valence-corrected chi connectivity index (χ0v) is 14.1. The lowest BCUT2D eigenvalue weighted by atomic mass is 10.1. The van der Waals surface area contributed by atoms with Crippen LogP contribution in [0.1, 0.15) is 16.1 Å². The molecule has 0 bridgehead atoms. The number of carbonyl (C=O) groups is 1. The lowest BCUT2D eigenvalue weighted by Gasteiger charge is -2.17. The van der Waals surface area contributed by atoms with Gasteiger partial charge in [0.1, 0.15) is 5.75 Å². The molecule has 0 fully saturated rings. The van der Waals surface area contributed by atoms with Gasteiger partial charge in [0, 0.05) is 36.8 Å². The number of methoxy groups -OCH3 is 1. The normalized spacial score (nSPS) is 10.3. The largest absolute Gasteiger partial charge is 0.496 e. The molecule has 0 radical (unpaired) electrons. The van der Waals surface area contributed by atoms with Gasteiger partial charge < -0.3 is 9.64 Å². The number of carbonyl (C=O) groups excluding carboxylic acids is 1. The molecule has 126 valence electrons. The second-order valence-corrected chi connectivity index (χ2v) is 5.49. The molecule has 3 rings (SSSR count). The van der Waals surface area contributed by atoms with E-state index in [1.807, 2.05) is 18.2 Å². The van der Waals surface area contributed by atoms with Crippen molar-refractivity contribution in [2.75, 3.05) is 14.2 Å². The summed E-state index contributed by atoms with van der Waals surface area (Å²) in [4.78, 5) is 26.9. The summed E-state index contributed by atoms with van der Waals surface area (Å²) in [5.74, 6) is 0.567. The summed E-state index contributed by atoms with van der Waals surface area (Å²) >= 11 is 0. The number of aromatic nitrogens is 3. The van der Waals surface area contributed by atoms with Crippen LogP contribution >= 0.6 is 0 Å². The lowest BCUT2D eigenvalue weighted by molar-refractivity contribution is 0.0783. The van der Waals surface area contributed by atoms with Gasteiger partial charge in [0.25, 0.3) is 5.91 Å². The number of ether oxygens (including phenoxy) is 1. The van der Waals surface area contributed by atoms with E-state index >= 15 is 0 Å². The molecular weight excluding hydrogens is 316 g/mol. The van der Waals surface area contributed by atoms with Gasteiger partial charge in [0.15, 0.2) is 0 Å². The van der Waals surface area contributed by atoms with Gasteiger partial charge in [-0.1, -0.05) is 6.07 Å². The van der Waals surface area contributed by atoms with Crippen LogP contribution in [-0.4, -0.2) is 39.9 Å². The second-order valence-electron chi connectivity index (χ2n) is 5.49. The molecule has 0 saturated carbocycles. The Morgan fingerprint density at radius 3 is 2.68 bits per heavy atom. The highest BCUT2D eigenvalue weighted by Gasteiger charge is 2.16. The minimum Gasteiger partial charge on any atom is -0.496 e. The fraction of sp³-hybridized carbons (Fsp3) is 0.158. The molecule has 0 aliphatic heterocycles. The van der Waals surface area contributed by atoms with Gasteiger partial charge in [-0.25, -0.2) is 0 Å². The van der Waals surface area contributed by atoms with E-state index in [-0.39, 0.29) is 5.91 Å². The molecule has 6 heteroatoms. The molecule has 2 heterocycles. The van der Waals surface area contributed by atoms with Crippen LogP contribution in [0.5, 0.6) is 5.75 Å². The number of nitrogens with zero attached hydrogens (tertiary/aromatic N) is 4. The van der Waals surface area contributed by atoms with Gasteiger partial charge in [-0.15, -0.1) is 0 Å². The van der Waals surface area contributed by atoms with Crippen molar-refractivity contribution in [2.45, 2.75) is 6.54 Å². The topological polar surface area (TPSA) is 68.2 Å². The predicted octanol–water partition coefficient (Wildman–Crippen LogP) is 2.82. The first kappa shape index (κ1) is 16.6. The van der Waals surface area contributed by atoms with Crippen molar-refractivity contribution in [2.24, 2.45) is 0 Å². The van der Waals surface area contributed by atoms with Crippen LogP contribution in [0.4, 0.5) is 0 Å². The number of rotatable bonds is 5. The standard InChI is InChI=1S/C19H18N4O2/c1-23(13-15-12-20-9-10-21-15)19(24)14-6-7-18(25-2)16(11-14)17-5-3-4-8-22-17/h3-12H,13H2,1-2H3. The Hall–Kier alpha value is -3.28. The Morgan fingerprint density at radius 1 is 1.12 bits per heavy atom. The average Bonchev–Trinajstić information content (AvgIpc) is 2.68. The zero-order chi connectivity index (χ0) is 17.6. The number of hydrogen-bond donors (Lipinski definition) is 0. The van der Waals surface area contributed by atoms with Gasteiger partial charge in [0.05, 0.1) is 31.2 Å². The Bertz CT molecular complexity index is 854. The summed E-state index contributed by atoms with van der Waals surface area (Å²) in [5, 5.41) is 0. The summed E-state index contributed by atoms with van der Waals surface area (Å²) in [7, 11) is 3.34. The highest BCUT2D eigenvalue weighted by molar-refractivity contribution is 5.95. The van der Waals surface area contributed by atoms with E-state index in [0.717, 1.165) is 17.0 Å². The highest BCUT2D eigenvalue weighted by atomic mass is 16.5. The Morgan fingerprint density at radius 2 is 2.00 bits per heavy atom. The predicted molar refractivity (Wildman–Crippen MR) is 94.1 cm³/mol. The van der Waals surface area contributed by atoms with E-state index in [2.05, 4.69) is 15.0 Å². The minimum atomic E-state index is -0.106. The first-order valence-corrected chi connectivity index (χ1v) is 7.79. The molecule has 1 aromatic carbocycles. The fourth-order valence-corrected chi connectivity index (χ4v) is 2.51. The van der Waals surface area contributed by atoms with Gasteiger partial charge in [0.2, 0.25) is 0 Å². The minimum absolute atomic E-state index is 0.106. The van der Waals surface area contributed by atoms with Crippen molar-refractivity contribution < 1.29 is 9.53 Å². The van der Waals surface area contributed by atoms with Crippen LogP contribution in [-0.2, 0) is 6.54 Å². The van der Waals surface area contributed by atoms with Gasteiger partial charge >= 0.3 is 0 Å². The summed E-state index contributed by atoms with van der Waals surface area (Å²) < 4.78 is 5.41. The van der Waals surface area contributed by atoms with Crippen molar-refractivity contribution >= 4 is 5.91 Å². The van der Waals surface area contributed by atoms with Gasteiger partial charge in [-0.2, -0.15) is 0 Å². The smallest absolute Gasteiger partial charge is 0.253 e. The third-order valence-electron chi connectivity index (χ3n) is 3.75. The Labute approximate surface area is 146 Å². The van der Waals surface area contributed by atoms with E-state index in [9.17, 15) is 4.79 Å². The van der Waals surface area contributed by atoms with E-state index in [1.54, 1.807) is 62.0 Å². The summed E-state index contributed by atoms with van der Waals surface area (Å²) in [6.07, 6.45) is 6.58. The van der Waals surface area contributed by atoms with Crippen LogP contribution in [0, 0.1) is 0 Å². The molecule has 3 aromatic rings. The molecule has 0 N–H and O–H groups in total. The SMILES string of the molecule is COc1ccc(C(=O)N(C)Cc2cnccn2)cc1-c1ccccn1. The van der Waals surface area contributed by atoms with E-state index in [1.165, 1.54) is 0 Å². The maximum Gasteiger partial charge on any atom is 0.253 e. The molecular formula is C19H18N4O2. The van der Waals surface area contributed by atoms with Crippen LogP contribution in [0.15, 0.2) is 61.2 Å². The molecule has 1 amide bonds. The summed E-state index contributed by atoms with van der Waals surface area (Å²) in [6.45, 7) is 0.387. The lowest BCUT2D eigenvalue weighted by Crippen LogP contribution is -2.26. The van der Waals surface area contributed by atoms with E-state index in [0.29, 0.717) is 17.9 Å². The highest BCUT2D eigenvalue weighted by Crippen LogP contribution is 2.29. The molecule has 6 nitrogen and oxygen atoms in total. The molecule has 0 atom stereocenters. The van der Waals surface area contributed by atoms with Crippen LogP contribution in [0.3, 0.4) is 0 Å². The third-order valence-corrected chi connectivity index (χ3v) is 3.75. The average molecular weight is 334 g/mol. The van der Waals surface area contributed by atoms with E-state index < -0.39 is 0 Å². The number of benzene rings is 1. The van der Waals surface area contributed by atoms with Crippen molar-refractivity contribution in [3.63, 3.8) is 0 Å².